The standard InChI is InChI=1S/C25H32N2O5/c1-25(2,3)32-23(29)26-21-14-19(16-28)15-27(22(21)20-12-8-5-9-13-20)24(30)31-17-18-10-6-4-7-11-18/h4-13,19,21-22,28H,14-17H2,1-3H3,(H,26,29)/t19-,21+,22-/m0/s1. The van der Waals surface area contributed by atoms with Gasteiger partial charge in [0.15, 0.2) is 0 Å². The fourth-order valence-corrected chi connectivity index (χ4v) is 3.95. The van der Waals surface area contributed by atoms with Crippen LogP contribution >= 0.6 is 0 Å². The second-order valence-electron chi connectivity index (χ2n) is 9.09. The van der Waals surface area contributed by atoms with Gasteiger partial charge >= 0.3 is 12.2 Å². The molecule has 3 rings (SSSR count). The van der Waals surface area contributed by atoms with Crippen molar-refractivity contribution in [1.29, 1.82) is 0 Å². The van der Waals surface area contributed by atoms with E-state index in [2.05, 4.69) is 5.32 Å². The van der Waals surface area contributed by atoms with Gasteiger partial charge in [0.2, 0.25) is 0 Å². The van der Waals surface area contributed by atoms with E-state index in [9.17, 15) is 14.7 Å². The first kappa shape index (κ1) is 23.6. The Bertz CT molecular complexity index is 882. The maximum Gasteiger partial charge on any atom is 0.410 e. The van der Waals surface area contributed by atoms with Crippen LogP contribution in [0.15, 0.2) is 60.7 Å². The average molecular weight is 441 g/mol. The van der Waals surface area contributed by atoms with Gasteiger partial charge in [0.05, 0.1) is 12.1 Å². The van der Waals surface area contributed by atoms with Crippen LogP contribution in [0.5, 0.6) is 0 Å². The number of piperidine rings is 1. The molecule has 0 spiro atoms. The molecule has 0 bridgehead atoms. The summed E-state index contributed by atoms with van der Waals surface area (Å²) in [5.74, 6) is -0.195. The van der Waals surface area contributed by atoms with Gasteiger partial charge in [-0.2, -0.15) is 0 Å². The van der Waals surface area contributed by atoms with Gasteiger partial charge in [0, 0.05) is 19.1 Å². The van der Waals surface area contributed by atoms with Gasteiger partial charge in [-0.15, -0.1) is 0 Å². The molecular weight excluding hydrogens is 408 g/mol. The third kappa shape index (κ3) is 6.47. The maximum atomic E-state index is 13.2. The number of hydrogen-bond donors (Lipinski definition) is 2. The Labute approximate surface area is 189 Å². The molecule has 32 heavy (non-hydrogen) atoms. The number of carbonyl (C=O) groups is 2. The molecule has 0 saturated carbocycles. The Balaban J connectivity index is 1.84. The summed E-state index contributed by atoms with van der Waals surface area (Å²) in [4.78, 5) is 27.3. The number of nitrogens with zero attached hydrogens (tertiary/aromatic N) is 1. The zero-order valence-electron chi connectivity index (χ0n) is 18.9. The lowest BCUT2D eigenvalue weighted by Crippen LogP contribution is -2.55. The summed E-state index contributed by atoms with van der Waals surface area (Å²) in [5, 5.41) is 12.8. The van der Waals surface area contributed by atoms with Crippen molar-refractivity contribution in [2.45, 2.75) is 51.5 Å². The summed E-state index contributed by atoms with van der Waals surface area (Å²) in [6.07, 6.45) is -0.533. The zero-order valence-corrected chi connectivity index (χ0v) is 18.9. The molecule has 0 unspecified atom stereocenters. The van der Waals surface area contributed by atoms with Crippen LogP contribution in [0.1, 0.15) is 44.4 Å². The Hall–Kier alpha value is -3.06. The molecule has 172 valence electrons. The average Bonchev–Trinajstić information content (AvgIpc) is 2.77. The van der Waals surface area contributed by atoms with Crippen molar-refractivity contribution in [3.63, 3.8) is 0 Å². The van der Waals surface area contributed by atoms with Crippen LogP contribution in [0.2, 0.25) is 0 Å². The third-order valence-electron chi connectivity index (χ3n) is 5.30. The van der Waals surface area contributed by atoms with Gasteiger partial charge in [0.1, 0.15) is 12.2 Å². The van der Waals surface area contributed by atoms with E-state index in [0.29, 0.717) is 13.0 Å². The van der Waals surface area contributed by atoms with Crippen molar-refractivity contribution in [2.24, 2.45) is 5.92 Å². The summed E-state index contributed by atoms with van der Waals surface area (Å²) in [5.41, 5.74) is 1.11. The second kappa shape index (κ2) is 10.5. The molecule has 2 amide bonds. The predicted molar refractivity (Wildman–Crippen MR) is 121 cm³/mol. The van der Waals surface area contributed by atoms with Crippen LogP contribution in [-0.2, 0) is 16.1 Å². The predicted octanol–water partition coefficient (Wildman–Crippen LogP) is 4.27. The number of rotatable bonds is 5. The quantitative estimate of drug-likeness (QED) is 0.725. The van der Waals surface area contributed by atoms with Gasteiger partial charge in [0.25, 0.3) is 0 Å². The number of nitrogens with one attached hydrogen (secondary N) is 1. The van der Waals surface area contributed by atoms with Crippen molar-refractivity contribution in [1.82, 2.24) is 10.2 Å². The van der Waals surface area contributed by atoms with Crippen molar-refractivity contribution in [3.05, 3.63) is 71.8 Å². The summed E-state index contributed by atoms with van der Waals surface area (Å²) < 4.78 is 11.1. The topological polar surface area (TPSA) is 88.1 Å². The number of aliphatic hydroxyl groups is 1. The minimum Gasteiger partial charge on any atom is -0.445 e. The molecule has 2 aromatic rings. The lowest BCUT2D eigenvalue weighted by atomic mass is 9.85. The van der Waals surface area contributed by atoms with Crippen LogP contribution in [0.25, 0.3) is 0 Å². The van der Waals surface area contributed by atoms with Crippen LogP contribution < -0.4 is 5.32 Å². The first-order chi connectivity index (χ1) is 15.3. The third-order valence-corrected chi connectivity index (χ3v) is 5.30. The van der Waals surface area contributed by atoms with E-state index in [0.717, 1.165) is 11.1 Å². The van der Waals surface area contributed by atoms with E-state index in [1.807, 2.05) is 60.7 Å². The number of hydrogen-bond acceptors (Lipinski definition) is 5. The van der Waals surface area contributed by atoms with Gasteiger partial charge < -0.3 is 19.9 Å². The molecule has 3 atom stereocenters. The van der Waals surface area contributed by atoms with E-state index in [1.54, 1.807) is 25.7 Å². The largest absolute Gasteiger partial charge is 0.445 e. The fourth-order valence-electron chi connectivity index (χ4n) is 3.95. The summed E-state index contributed by atoms with van der Waals surface area (Å²) >= 11 is 0. The lowest BCUT2D eigenvalue weighted by Gasteiger charge is -2.44. The molecule has 2 aromatic carbocycles. The van der Waals surface area contributed by atoms with E-state index >= 15 is 0 Å². The highest BCUT2D eigenvalue weighted by Gasteiger charge is 2.41. The first-order valence-corrected chi connectivity index (χ1v) is 10.9. The van der Waals surface area contributed by atoms with Gasteiger partial charge in [-0.05, 0) is 38.3 Å². The smallest absolute Gasteiger partial charge is 0.410 e. The summed E-state index contributed by atoms with van der Waals surface area (Å²) in [6, 6.07) is 18.1. The highest BCUT2D eigenvalue weighted by Crippen LogP contribution is 2.34. The van der Waals surface area contributed by atoms with Gasteiger partial charge in [-0.1, -0.05) is 60.7 Å². The number of amides is 2. The van der Waals surface area contributed by atoms with Crippen molar-refractivity contribution in [3.8, 4) is 0 Å². The molecule has 1 saturated heterocycles. The molecule has 0 aliphatic carbocycles. The minimum absolute atomic E-state index is 0.101. The van der Waals surface area contributed by atoms with Crippen molar-refractivity contribution >= 4 is 12.2 Å². The van der Waals surface area contributed by atoms with Crippen LogP contribution in [0.3, 0.4) is 0 Å². The highest BCUT2D eigenvalue weighted by molar-refractivity contribution is 5.71. The SMILES string of the molecule is CC(C)(C)OC(=O)N[C@@H]1C[C@H](CO)CN(C(=O)OCc2ccccc2)[C@H]1c1ccccc1. The Morgan fingerprint density at radius 1 is 1.06 bits per heavy atom. The molecule has 7 nitrogen and oxygen atoms in total. The lowest BCUT2D eigenvalue weighted by molar-refractivity contribution is 0.0164. The number of carbonyl (C=O) groups excluding carboxylic acids is 2. The van der Waals surface area contributed by atoms with E-state index in [1.165, 1.54) is 0 Å². The number of benzene rings is 2. The molecule has 1 aliphatic heterocycles. The zero-order chi connectivity index (χ0) is 23.1. The second-order valence-corrected chi connectivity index (χ2v) is 9.09. The maximum absolute atomic E-state index is 13.2. The summed E-state index contributed by atoms with van der Waals surface area (Å²) in [7, 11) is 0. The van der Waals surface area contributed by atoms with Crippen molar-refractivity contribution in [2.75, 3.05) is 13.2 Å². The monoisotopic (exact) mass is 440 g/mol. The van der Waals surface area contributed by atoms with Crippen LogP contribution in [0, 0.1) is 5.92 Å². The molecule has 2 N–H and O–H groups in total. The molecule has 1 heterocycles. The Morgan fingerprint density at radius 2 is 1.69 bits per heavy atom. The number of aliphatic hydroxyl groups excluding tert-OH is 1. The Morgan fingerprint density at radius 3 is 2.28 bits per heavy atom. The normalized spacial score (nSPS) is 21.0. The van der Waals surface area contributed by atoms with Gasteiger partial charge in [-0.25, -0.2) is 9.59 Å². The fraction of sp³-hybridized carbons (Fsp3) is 0.440. The molecule has 1 aliphatic rings. The van der Waals surface area contributed by atoms with Crippen LogP contribution in [-0.4, -0.2) is 47.0 Å². The number of ether oxygens (including phenoxy) is 2. The molecule has 0 aromatic heterocycles. The Kier molecular flexibility index (Phi) is 7.75. The van der Waals surface area contributed by atoms with Crippen molar-refractivity contribution < 1.29 is 24.2 Å². The van der Waals surface area contributed by atoms with E-state index in [4.69, 9.17) is 9.47 Å². The highest BCUT2D eigenvalue weighted by atomic mass is 16.6. The number of alkyl carbamates (subject to hydrolysis) is 1. The number of likely N-dealkylation sites (tertiary alicyclic amines) is 1. The molecule has 0 radical (unpaired) electrons. The molecule has 7 heteroatoms. The first-order valence-electron chi connectivity index (χ1n) is 10.9. The summed E-state index contributed by atoms with van der Waals surface area (Å²) in [6.45, 7) is 5.77. The van der Waals surface area contributed by atoms with E-state index in [-0.39, 0.29) is 19.1 Å². The minimum atomic E-state index is -0.647. The molecule has 1 fully saturated rings. The molecular formula is C25H32N2O5. The van der Waals surface area contributed by atoms with Crippen LogP contribution in [0.4, 0.5) is 9.59 Å². The van der Waals surface area contributed by atoms with E-state index < -0.39 is 29.9 Å². The van der Waals surface area contributed by atoms with Gasteiger partial charge in [-0.3, -0.25) is 4.90 Å².